The van der Waals surface area contributed by atoms with E-state index in [1.54, 1.807) is 11.0 Å². The molecular weight excluding hydrogens is 490 g/mol. The lowest BCUT2D eigenvalue weighted by Gasteiger charge is -2.49. The van der Waals surface area contributed by atoms with E-state index in [1.165, 1.54) is 12.5 Å². The smallest absolute Gasteiger partial charge is 0.253 e. The van der Waals surface area contributed by atoms with Crippen LogP contribution in [-0.4, -0.2) is 73.0 Å². The van der Waals surface area contributed by atoms with Crippen LogP contribution in [0.15, 0.2) is 48.5 Å². The highest BCUT2D eigenvalue weighted by molar-refractivity contribution is 5.95. The molecule has 3 fully saturated rings. The Balaban J connectivity index is 1.35. The third-order valence-electron chi connectivity index (χ3n) is 8.64. The Labute approximate surface area is 222 Å². The molecule has 2 N–H and O–H groups in total. The summed E-state index contributed by atoms with van der Waals surface area (Å²) in [6.07, 6.45) is 5.16. The number of halogens is 2. The fraction of sp³-hybridized carbons (Fsp3) is 0.517. The van der Waals surface area contributed by atoms with Gasteiger partial charge in [0.2, 0.25) is 5.91 Å². The highest BCUT2D eigenvalue weighted by Crippen LogP contribution is 2.38. The number of amides is 2. The van der Waals surface area contributed by atoms with Gasteiger partial charge in [0.1, 0.15) is 17.7 Å². The van der Waals surface area contributed by atoms with Crippen LogP contribution < -0.4 is 10.6 Å². The molecule has 9 heteroatoms. The van der Waals surface area contributed by atoms with Crippen molar-refractivity contribution in [3.63, 3.8) is 0 Å². The molecule has 3 aliphatic heterocycles. The highest BCUT2D eigenvalue weighted by Gasteiger charge is 2.46. The largest absolute Gasteiger partial charge is 0.368 e. The average Bonchev–Trinajstić information content (AvgIpc) is 2.95. The highest BCUT2D eigenvalue weighted by atomic mass is 19.2. The average molecular weight is 527 g/mol. The number of likely N-dealkylation sites (tertiary alicyclic amines) is 2. The number of hydrogen-bond acceptors (Lipinski definition) is 5. The van der Waals surface area contributed by atoms with E-state index in [0.29, 0.717) is 44.5 Å². The monoisotopic (exact) mass is 526 g/mol. The Morgan fingerprint density at radius 3 is 2.32 bits per heavy atom. The van der Waals surface area contributed by atoms with Crippen LogP contribution in [-0.2, 0) is 19.9 Å². The summed E-state index contributed by atoms with van der Waals surface area (Å²) in [7, 11) is 0. The number of rotatable bonds is 7. The quantitative estimate of drug-likeness (QED) is 0.598. The van der Waals surface area contributed by atoms with Crippen LogP contribution in [0.1, 0.15) is 44.1 Å². The summed E-state index contributed by atoms with van der Waals surface area (Å²) in [5.41, 5.74) is 5.57. The van der Waals surface area contributed by atoms with Gasteiger partial charge in [-0.2, -0.15) is 0 Å². The van der Waals surface area contributed by atoms with Crippen molar-refractivity contribution in [3.05, 3.63) is 65.7 Å². The van der Waals surface area contributed by atoms with Crippen LogP contribution in [0, 0.1) is 11.6 Å². The van der Waals surface area contributed by atoms with Crippen molar-refractivity contribution in [2.24, 2.45) is 5.73 Å². The molecular formula is C29H36F2N4O3. The second-order valence-electron chi connectivity index (χ2n) is 10.8. The summed E-state index contributed by atoms with van der Waals surface area (Å²) in [6.45, 7) is 3.86. The number of anilines is 1. The lowest BCUT2D eigenvalue weighted by Crippen LogP contribution is -2.63. The van der Waals surface area contributed by atoms with Gasteiger partial charge in [0, 0.05) is 25.3 Å². The van der Waals surface area contributed by atoms with Crippen molar-refractivity contribution >= 4 is 17.5 Å². The number of ether oxygens (including phenoxy) is 1. The van der Waals surface area contributed by atoms with Crippen LogP contribution in [0.5, 0.6) is 0 Å². The molecule has 0 aromatic heterocycles. The number of nitrogens with two attached hydrogens (primary N) is 1. The van der Waals surface area contributed by atoms with Crippen LogP contribution in [0.25, 0.3) is 0 Å². The van der Waals surface area contributed by atoms with Gasteiger partial charge in [0.25, 0.3) is 5.91 Å². The number of carbonyl (C=O) groups is 2. The van der Waals surface area contributed by atoms with E-state index >= 15 is 0 Å². The Bertz CT molecular complexity index is 1150. The van der Waals surface area contributed by atoms with Crippen molar-refractivity contribution in [1.82, 2.24) is 9.80 Å². The third-order valence-corrected chi connectivity index (χ3v) is 8.64. The summed E-state index contributed by atoms with van der Waals surface area (Å²) >= 11 is 0. The minimum absolute atomic E-state index is 0.159. The van der Waals surface area contributed by atoms with Gasteiger partial charge in [-0.05, 0) is 75.0 Å². The molecule has 1 atom stereocenters. The Morgan fingerprint density at radius 1 is 0.947 bits per heavy atom. The second kappa shape index (κ2) is 11.1. The van der Waals surface area contributed by atoms with Gasteiger partial charge in [-0.3, -0.25) is 14.5 Å². The van der Waals surface area contributed by atoms with Crippen molar-refractivity contribution in [1.29, 1.82) is 0 Å². The van der Waals surface area contributed by atoms with Gasteiger partial charge in [0.15, 0.2) is 11.6 Å². The molecule has 204 valence electrons. The molecule has 3 aliphatic rings. The first-order valence-corrected chi connectivity index (χ1v) is 13.6. The van der Waals surface area contributed by atoms with Crippen LogP contribution in [0.4, 0.5) is 14.5 Å². The van der Waals surface area contributed by atoms with Crippen molar-refractivity contribution in [2.75, 3.05) is 50.8 Å². The van der Waals surface area contributed by atoms with Crippen molar-refractivity contribution in [3.8, 4) is 0 Å². The summed E-state index contributed by atoms with van der Waals surface area (Å²) in [6, 6.07) is 13.1. The minimum Gasteiger partial charge on any atom is -0.368 e. The van der Waals surface area contributed by atoms with E-state index < -0.39 is 22.8 Å². The molecule has 38 heavy (non-hydrogen) atoms. The summed E-state index contributed by atoms with van der Waals surface area (Å²) < 4.78 is 34.4. The molecule has 5 rings (SSSR count). The van der Waals surface area contributed by atoms with Crippen LogP contribution >= 0.6 is 0 Å². The lowest BCUT2D eigenvalue weighted by molar-refractivity contribution is -0.142. The predicted octanol–water partition coefficient (Wildman–Crippen LogP) is 3.42. The van der Waals surface area contributed by atoms with E-state index in [0.717, 1.165) is 37.7 Å². The first kappa shape index (κ1) is 26.7. The fourth-order valence-corrected chi connectivity index (χ4v) is 6.29. The van der Waals surface area contributed by atoms with Gasteiger partial charge in [0.05, 0.1) is 6.54 Å². The van der Waals surface area contributed by atoms with Crippen molar-refractivity contribution in [2.45, 2.75) is 49.7 Å². The maximum Gasteiger partial charge on any atom is 0.253 e. The molecule has 0 saturated carbocycles. The maximum atomic E-state index is 14.4. The predicted molar refractivity (Wildman–Crippen MR) is 140 cm³/mol. The molecule has 2 aromatic rings. The number of benzene rings is 2. The third kappa shape index (κ3) is 5.19. The topological polar surface area (TPSA) is 79.1 Å². The van der Waals surface area contributed by atoms with Gasteiger partial charge in [-0.25, -0.2) is 8.78 Å². The SMILES string of the molecule is NC(=O)C1(N2CCCCC2)CCN(CC[C@@]2(c3ccc(F)c(F)c3)CN(c3ccccc3)C(=O)CO2)CC1. The summed E-state index contributed by atoms with van der Waals surface area (Å²) in [5.74, 6) is -2.29. The number of piperidine rings is 2. The first-order chi connectivity index (χ1) is 18.3. The molecule has 2 aromatic carbocycles. The van der Waals surface area contributed by atoms with Crippen molar-refractivity contribution < 1.29 is 23.1 Å². The van der Waals surface area contributed by atoms with Crippen LogP contribution in [0.3, 0.4) is 0 Å². The number of nitrogens with zero attached hydrogens (tertiary/aromatic N) is 3. The summed E-state index contributed by atoms with van der Waals surface area (Å²) in [4.78, 5) is 31.7. The number of hydrogen-bond donors (Lipinski definition) is 1. The fourth-order valence-electron chi connectivity index (χ4n) is 6.29. The van der Waals surface area contributed by atoms with E-state index in [9.17, 15) is 18.4 Å². The standard InChI is InChI=1S/C29H36F2N4O3/c30-24-10-9-22(19-25(24)31)29(21-35(26(36)20-38-29)23-7-3-1-4-8-23)13-18-33-16-11-28(12-17-33,27(32)37)34-14-5-2-6-15-34/h1,3-4,7-10,19H,2,5-6,11-18,20-21H2,(H2,32,37)/t29-/m0/s1. The van der Waals surface area contributed by atoms with Gasteiger partial charge in [-0.1, -0.05) is 30.7 Å². The zero-order valence-electron chi connectivity index (χ0n) is 21.7. The second-order valence-corrected chi connectivity index (χ2v) is 10.8. The van der Waals surface area contributed by atoms with Crippen LogP contribution in [0.2, 0.25) is 0 Å². The normalized spacial score (nSPS) is 24.9. The van der Waals surface area contributed by atoms with E-state index in [-0.39, 0.29) is 25.0 Å². The zero-order chi connectivity index (χ0) is 26.8. The molecule has 0 spiro atoms. The minimum atomic E-state index is -1.01. The number of carbonyl (C=O) groups excluding carboxylic acids is 2. The number of para-hydroxylation sites is 1. The summed E-state index contributed by atoms with van der Waals surface area (Å²) in [5, 5.41) is 0. The molecule has 0 unspecified atom stereocenters. The van der Waals surface area contributed by atoms with E-state index in [1.807, 2.05) is 30.3 Å². The van der Waals surface area contributed by atoms with Gasteiger partial charge < -0.3 is 20.3 Å². The Morgan fingerprint density at radius 2 is 1.66 bits per heavy atom. The lowest BCUT2D eigenvalue weighted by atomic mass is 9.82. The van der Waals surface area contributed by atoms with Gasteiger partial charge >= 0.3 is 0 Å². The van der Waals surface area contributed by atoms with Gasteiger partial charge in [-0.15, -0.1) is 0 Å². The molecule has 3 saturated heterocycles. The zero-order valence-corrected chi connectivity index (χ0v) is 21.7. The first-order valence-electron chi connectivity index (χ1n) is 13.6. The molecule has 0 bridgehead atoms. The maximum absolute atomic E-state index is 14.4. The van der Waals surface area contributed by atoms with E-state index in [2.05, 4.69) is 9.80 Å². The number of primary amides is 1. The molecule has 7 nitrogen and oxygen atoms in total. The molecule has 2 amide bonds. The number of morpholine rings is 1. The molecule has 0 aliphatic carbocycles. The molecule has 3 heterocycles. The molecule has 0 radical (unpaired) electrons. The Hall–Kier alpha value is -2.88. The van der Waals surface area contributed by atoms with E-state index in [4.69, 9.17) is 10.5 Å². The Kier molecular flexibility index (Phi) is 7.79.